The van der Waals surface area contributed by atoms with Crippen LogP contribution in [0.4, 0.5) is 0 Å². The SMILES string of the molecule is CCS(=O)(=O)N(C)C1CCN(CC(=O)C(C)(C)C)CC1. The fourth-order valence-corrected chi connectivity index (χ4v) is 3.38. The van der Waals surface area contributed by atoms with Gasteiger partial charge in [-0.15, -0.1) is 0 Å². The number of likely N-dealkylation sites (tertiary alicyclic amines) is 1. The molecule has 6 heteroatoms. The van der Waals surface area contributed by atoms with Crippen molar-refractivity contribution in [2.24, 2.45) is 5.41 Å². The van der Waals surface area contributed by atoms with Gasteiger partial charge in [-0.25, -0.2) is 12.7 Å². The van der Waals surface area contributed by atoms with Crippen molar-refractivity contribution in [3.63, 3.8) is 0 Å². The summed E-state index contributed by atoms with van der Waals surface area (Å²) in [5, 5.41) is 0. The molecule has 0 aromatic rings. The average molecular weight is 304 g/mol. The molecule has 1 heterocycles. The van der Waals surface area contributed by atoms with Crippen molar-refractivity contribution in [3.8, 4) is 0 Å². The van der Waals surface area contributed by atoms with Crippen LogP contribution in [-0.2, 0) is 14.8 Å². The van der Waals surface area contributed by atoms with Crippen molar-refractivity contribution in [1.82, 2.24) is 9.21 Å². The van der Waals surface area contributed by atoms with E-state index in [0.717, 1.165) is 25.9 Å². The summed E-state index contributed by atoms with van der Waals surface area (Å²) in [7, 11) is -1.45. The molecule has 0 atom stereocenters. The molecule has 1 fully saturated rings. The number of carbonyl (C=O) groups excluding carboxylic acids is 1. The van der Waals surface area contributed by atoms with Gasteiger partial charge in [-0.1, -0.05) is 20.8 Å². The molecule has 1 saturated heterocycles. The Morgan fingerprint density at radius 3 is 2.15 bits per heavy atom. The van der Waals surface area contributed by atoms with Crippen molar-refractivity contribution in [2.75, 3.05) is 32.4 Å². The number of nitrogens with zero attached hydrogens (tertiary/aromatic N) is 2. The summed E-state index contributed by atoms with van der Waals surface area (Å²) in [6.07, 6.45) is 1.60. The van der Waals surface area contributed by atoms with Gasteiger partial charge in [0.05, 0.1) is 12.3 Å². The highest BCUT2D eigenvalue weighted by atomic mass is 32.2. The third-order valence-electron chi connectivity index (χ3n) is 4.08. The van der Waals surface area contributed by atoms with E-state index in [4.69, 9.17) is 0 Å². The summed E-state index contributed by atoms with van der Waals surface area (Å²) in [4.78, 5) is 14.1. The zero-order chi connectivity index (χ0) is 15.6. The van der Waals surface area contributed by atoms with E-state index in [2.05, 4.69) is 4.90 Å². The van der Waals surface area contributed by atoms with Crippen molar-refractivity contribution >= 4 is 15.8 Å². The molecule has 1 aliphatic heterocycles. The molecule has 0 bridgehead atoms. The molecule has 0 spiro atoms. The molecule has 1 rings (SSSR count). The van der Waals surface area contributed by atoms with Crippen molar-refractivity contribution in [1.29, 1.82) is 0 Å². The number of hydrogen-bond acceptors (Lipinski definition) is 4. The molecule has 0 amide bonds. The lowest BCUT2D eigenvalue weighted by Crippen LogP contribution is -2.47. The molecule has 5 nitrogen and oxygen atoms in total. The van der Waals surface area contributed by atoms with Crippen LogP contribution in [-0.4, -0.2) is 61.9 Å². The zero-order valence-electron chi connectivity index (χ0n) is 13.3. The Kier molecular flexibility index (Phi) is 5.75. The first-order valence-corrected chi connectivity index (χ1v) is 8.90. The maximum absolute atomic E-state index is 12.0. The molecule has 0 aromatic carbocycles. The smallest absolute Gasteiger partial charge is 0.213 e. The fourth-order valence-electron chi connectivity index (χ4n) is 2.31. The molecule has 0 N–H and O–H groups in total. The molecule has 0 aromatic heterocycles. The van der Waals surface area contributed by atoms with E-state index in [-0.39, 0.29) is 23.0 Å². The lowest BCUT2D eigenvalue weighted by Gasteiger charge is -2.36. The fraction of sp³-hybridized carbons (Fsp3) is 0.929. The Morgan fingerprint density at radius 2 is 1.75 bits per heavy atom. The van der Waals surface area contributed by atoms with Crippen LogP contribution in [0.3, 0.4) is 0 Å². The van der Waals surface area contributed by atoms with E-state index in [1.165, 1.54) is 4.31 Å². The number of carbonyl (C=O) groups is 1. The maximum Gasteiger partial charge on any atom is 0.213 e. The van der Waals surface area contributed by atoms with Gasteiger partial charge in [-0.2, -0.15) is 0 Å². The van der Waals surface area contributed by atoms with Crippen LogP contribution in [0.2, 0.25) is 0 Å². The topological polar surface area (TPSA) is 57.7 Å². The Morgan fingerprint density at radius 1 is 1.25 bits per heavy atom. The van der Waals surface area contributed by atoms with E-state index in [1.54, 1.807) is 14.0 Å². The second-order valence-corrected chi connectivity index (χ2v) is 8.91. The summed E-state index contributed by atoms with van der Waals surface area (Å²) in [6, 6.07) is 0.0703. The number of sulfonamides is 1. The van der Waals surface area contributed by atoms with Crippen molar-refractivity contribution in [3.05, 3.63) is 0 Å². The Labute approximate surface area is 123 Å². The van der Waals surface area contributed by atoms with Crippen LogP contribution in [0.25, 0.3) is 0 Å². The van der Waals surface area contributed by atoms with E-state index < -0.39 is 10.0 Å². The van der Waals surface area contributed by atoms with Crippen LogP contribution in [0.1, 0.15) is 40.5 Å². The zero-order valence-corrected chi connectivity index (χ0v) is 14.2. The highest BCUT2D eigenvalue weighted by Gasteiger charge is 2.30. The summed E-state index contributed by atoms with van der Waals surface area (Å²) in [5.41, 5.74) is -0.306. The van der Waals surface area contributed by atoms with Crippen molar-refractivity contribution in [2.45, 2.75) is 46.6 Å². The molecule has 0 aliphatic carbocycles. The number of hydrogen-bond donors (Lipinski definition) is 0. The largest absolute Gasteiger partial charge is 0.298 e. The first-order chi connectivity index (χ1) is 9.08. The van der Waals surface area contributed by atoms with E-state index in [0.29, 0.717) is 6.54 Å². The van der Waals surface area contributed by atoms with Crippen LogP contribution < -0.4 is 0 Å². The summed E-state index contributed by atoms with van der Waals surface area (Å²) >= 11 is 0. The number of piperidine rings is 1. The minimum atomic E-state index is -3.11. The van der Waals surface area contributed by atoms with E-state index in [1.807, 2.05) is 20.8 Å². The molecular weight excluding hydrogens is 276 g/mol. The second-order valence-electron chi connectivity index (χ2n) is 6.60. The number of ketones is 1. The molecular formula is C14H28N2O3S. The highest BCUT2D eigenvalue weighted by Crippen LogP contribution is 2.20. The van der Waals surface area contributed by atoms with Gasteiger partial charge < -0.3 is 0 Å². The Bertz CT molecular complexity index is 432. The minimum Gasteiger partial charge on any atom is -0.298 e. The van der Waals surface area contributed by atoms with Crippen LogP contribution in [0.15, 0.2) is 0 Å². The normalized spacial score (nSPS) is 19.5. The molecule has 20 heavy (non-hydrogen) atoms. The van der Waals surface area contributed by atoms with Crippen LogP contribution >= 0.6 is 0 Å². The minimum absolute atomic E-state index is 0.0703. The Balaban J connectivity index is 2.51. The van der Waals surface area contributed by atoms with Gasteiger partial charge in [0.15, 0.2) is 5.78 Å². The summed E-state index contributed by atoms with van der Waals surface area (Å²) in [6.45, 7) is 9.52. The monoisotopic (exact) mass is 304 g/mol. The second kappa shape index (κ2) is 6.54. The standard InChI is InChI=1S/C14H28N2O3S/c1-6-20(18,19)15(5)12-7-9-16(10-8-12)11-13(17)14(2,3)4/h12H,6-11H2,1-5H3. The first-order valence-electron chi connectivity index (χ1n) is 7.29. The van der Waals surface area contributed by atoms with Crippen LogP contribution in [0, 0.1) is 5.41 Å². The van der Waals surface area contributed by atoms with Gasteiger partial charge in [-0.3, -0.25) is 9.69 Å². The summed E-state index contributed by atoms with van der Waals surface area (Å²) in [5.74, 6) is 0.386. The lowest BCUT2D eigenvalue weighted by molar-refractivity contribution is -0.127. The average Bonchev–Trinajstić information content (AvgIpc) is 2.37. The quantitative estimate of drug-likeness (QED) is 0.769. The van der Waals surface area contributed by atoms with Gasteiger partial charge in [0.25, 0.3) is 0 Å². The number of rotatable bonds is 5. The highest BCUT2D eigenvalue weighted by molar-refractivity contribution is 7.89. The predicted molar refractivity (Wildman–Crippen MR) is 81.1 cm³/mol. The van der Waals surface area contributed by atoms with Gasteiger partial charge in [-0.05, 0) is 19.8 Å². The van der Waals surface area contributed by atoms with E-state index in [9.17, 15) is 13.2 Å². The van der Waals surface area contributed by atoms with Crippen LogP contribution in [0.5, 0.6) is 0 Å². The molecule has 0 saturated carbocycles. The predicted octanol–water partition coefficient (Wildman–Crippen LogP) is 1.35. The third kappa shape index (κ3) is 4.53. The van der Waals surface area contributed by atoms with Crippen molar-refractivity contribution < 1.29 is 13.2 Å². The maximum atomic E-state index is 12.0. The molecule has 0 radical (unpaired) electrons. The van der Waals surface area contributed by atoms with Gasteiger partial charge in [0.1, 0.15) is 0 Å². The first kappa shape index (κ1) is 17.6. The van der Waals surface area contributed by atoms with Gasteiger partial charge >= 0.3 is 0 Å². The molecule has 1 aliphatic rings. The number of Topliss-reactive ketones (excluding diaryl/α,β-unsaturated/α-hetero) is 1. The van der Waals surface area contributed by atoms with Gasteiger partial charge in [0.2, 0.25) is 10.0 Å². The summed E-state index contributed by atoms with van der Waals surface area (Å²) < 4.78 is 25.2. The lowest BCUT2D eigenvalue weighted by atomic mass is 9.90. The third-order valence-corrected chi connectivity index (χ3v) is 5.98. The Hall–Kier alpha value is -0.460. The van der Waals surface area contributed by atoms with E-state index >= 15 is 0 Å². The molecule has 118 valence electrons. The molecule has 0 unspecified atom stereocenters. The van der Waals surface area contributed by atoms with Gasteiger partial charge in [0, 0.05) is 31.6 Å².